The quantitative estimate of drug-likeness (QED) is 0.717. The van der Waals surface area contributed by atoms with Crippen LogP contribution in [0.2, 0.25) is 0 Å². The summed E-state index contributed by atoms with van der Waals surface area (Å²) < 4.78 is 5.20. The Morgan fingerprint density at radius 2 is 1.82 bits per heavy atom. The van der Waals surface area contributed by atoms with E-state index in [9.17, 15) is 0 Å². The highest BCUT2D eigenvalue weighted by atomic mass is 16.3. The third kappa shape index (κ3) is 1.56. The molecule has 0 saturated heterocycles. The predicted octanol–water partition coefficient (Wildman–Crippen LogP) is 1.85. The Morgan fingerprint density at radius 3 is 2.35 bits per heavy atom. The molecule has 0 atom stereocenters. The molecule has 0 amide bonds. The molecule has 82 valence electrons. The first kappa shape index (κ1) is 10.6. The van der Waals surface area contributed by atoms with Crippen molar-refractivity contribution in [3.05, 3.63) is 35.6 Å². The Hall–Kier alpha value is -2.92. The first-order valence-corrected chi connectivity index (χ1v) is 4.75. The minimum Gasteiger partial charge on any atom is -0.464 e. The molecule has 4 N–H and O–H groups in total. The van der Waals surface area contributed by atoms with Crippen molar-refractivity contribution in [1.82, 2.24) is 0 Å². The topological polar surface area (TPSA) is 113 Å². The second-order valence-electron chi connectivity index (χ2n) is 3.38. The van der Waals surface area contributed by atoms with Gasteiger partial charge in [0.15, 0.2) is 0 Å². The van der Waals surface area contributed by atoms with Gasteiger partial charge in [-0.3, -0.25) is 0 Å². The highest BCUT2D eigenvalue weighted by molar-refractivity contribution is 5.84. The van der Waals surface area contributed by atoms with Gasteiger partial charge in [-0.15, -0.1) is 0 Å². The SMILES string of the molecule is N#Cc1c(N)cc(-c2ccco2)c(C#N)c1N. The van der Waals surface area contributed by atoms with E-state index in [0.717, 1.165) is 0 Å². The van der Waals surface area contributed by atoms with Crippen molar-refractivity contribution in [2.75, 3.05) is 11.5 Å². The Bertz CT molecular complexity index is 645. The van der Waals surface area contributed by atoms with E-state index in [4.69, 9.17) is 26.4 Å². The van der Waals surface area contributed by atoms with Gasteiger partial charge in [-0.2, -0.15) is 10.5 Å². The molecule has 0 radical (unpaired) electrons. The number of hydrogen-bond acceptors (Lipinski definition) is 5. The van der Waals surface area contributed by atoms with Crippen molar-refractivity contribution in [3.8, 4) is 23.5 Å². The van der Waals surface area contributed by atoms with Crippen LogP contribution in [0.4, 0.5) is 11.4 Å². The van der Waals surface area contributed by atoms with Gasteiger partial charge in [0.2, 0.25) is 0 Å². The number of anilines is 2. The van der Waals surface area contributed by atoms with Crippen molar-refractivity contribution in [2.45, 2.75) is 0 Å². The predicted molar refractivity (Wildman–Crippen MR) is 62.4 cm³/mol. The van der Waals surface area contributed by atoms with E-state index in [2.05, 4.69) is 0 Å². The molecular weight excluding hydrogens is 216 g/mol. The Kier molecular flexibility index (Phi) is 2.44. The normalized spacial score (nSPS) is 9.53. The average molecular weight is 224 g/mol. The summed E-state index contributed by atoms with van der Waals surface area (Å²) in [6.45, 7) is 0. The zero-order chi connectivity index (χ0) is 12.4. The van der Waals surface area contributed by atoms with Crippen LogP contribution in [-0.4, -0.2) is 0 Å². The van der Waals surface area contributed by atoms with E-state index in [-0.39, 0.29) is 22.5 Å². The van der Waals surface area contributed by atoms with Gasteiger partial charge >= 0.3 is 0 Å². The number of nitrogen functional groups attached to an aromatic ring is 2. The molecule has 0 aliphatic heterocycles. The summed E-state index contributed by atoms with van der Waals surface area (Å²) >= 11 is 0. The van der Waals surface area contributed by atoms with E-state index in [1.54, 1.807) is 12.1 Å². The average Bonchev–Trinajstić information content (AvgIpc) is 2.82. The van der Waals surface area contributed by atoms with E-state index in [1.165, 1.54) is 12.3 Å². The monoisotopic (exact) mass is 224 g/mol. The van der Waals surface area contributed by atoms with Crippen LogP contribution >= 0.6 is 0 Å². The molecular formula is C12H8N4O. The first-order chi connectivity index (χ1) is 8.19. The van der Waals surface area contributed by atoms with Gasteiger partial charge in [-0.25, -0.2) is 0 Å². The second-order valence-corrected chi connectivity index (χ2v) is 3.38. The minimum atomic E-state index is 0.0846. The van der Waals surface area contributed by atoms with E-state index < -0.39 is 0 Å². The van der Waals surface area contributed by atoms with Crippen LogP contribution in [0.1, 0.15) is 11.1 Å². The van der Waals surface area contributed by atoms with Crippen molar-refractivity contribution in [3.63, 3.8) is 0 Å². The van der Waals surface area contributed by atoms with Crippen molar-refractivity contribution >= 4 is 11.4 Å². The molecule has 2 aromatic rings. The van der Waals surface area contributed by atoms with Gasteiger partial charge < -0.3 is 15.9 Å². The lowest BCUT2D eigenvalue weighted by Crippen LogP contribution is -2.02. The number of nitrogens with zero attached hydrogens (tertiary/aromatic N) is 2. The zero-order valence-corrected chi connectivity index (χ0v) is 8.77. The van der Waals surface area contributed by atoms with Gasteiger partial charge in [0, 0.05) is 5.56 Å². The lowest BCUT2D eigenvalue weighted by Gasteiger charge is -2.08. The fraction of sp³-hybridized carbons (Fsp3) is 0. The number of nitrogens with two attached hydrogens (primary N) is 2. The van der Waals surface area contributed by atoms with Gasteiger partial charge in [-0.1, -0.05) is 0 Å². The summed E-state index contributed by atoms with van der Waals surface area (Å²) in [6, 6.07) is 8.75. The molecule has 1 aromatic carbocycles. The third-order valence-electron chi connectivity index (χ3n) is 2.41. The number of rotatable bonds is 1. The van der Waals surface area contributed by atoms with Gasteiger partial charge in [0.05, 0.1) is 28.8 Å². The van der Waals surface area contributed by atoms with Crippen LogP contribution in [0.15, 0.2) is 28.9 Å². The maximum absolute atomic E-state index is 9.09. The largest absolute Gasteiger partial charge is 0.464 e. The second kappa shape index (κ2) is 3.92. The molecule has 1 aromatic heterocycles. The molecule has 5 nitrogen and oxygen atoms in total. The minimum absolute atomic E-state index is 0.0846. The molecule has 0 unspecified atom stereocenters. The summed E-state index contributed by atoms with van der Waals surface area (Å²) in [4.78, 5) is 0. The molecule has 0 bridgehead atoms. The molecule has 1 heterocycles. The lowest BCUT2D eigenvalue weighted by atomic mass is 9.99. The Labute approximate surface area is 97.5 Å². The van der Waals surface area contributed by atoms with Crippen molar-refractivity contribution < 1.29 is 4.42 Å². The Morgan fingerprint density at radius 1 is 1.12 bits per heavy atom. The van der Waals surface area contributed by atoms with Crippen molar-refractivity contribution in [1.29, 1.82) is 10.5 Å². The smallest absolute Gasteiger partial charge is 0.135 e. The molecule has 2 rings (SSSR count). The molecule has 0 spiro atoms. The van der Waals surface area contributed by atoms with Gasteiger partial charge in [0.1, 0.15) is 17.9 Å². The molecule has 17 heavy (non-hydrogen) atoms. The summed E-state index contributed by atoms with van der Waals surface area (Å²) in [5.74, 6) is 0.490. The van der Waals surface area contributed by atoms with E-state index in [0.29, 0.717) is 11.3 Å². The first-order valence-electron chi connectivity index (χ1n) is 4.75. The van der Waals surface area contributed by atoms with Crippen LogP contribution in [0.5, 0.6) is 0 Å². The number of benzene rings is 1. The highest BCUT2D eigenvalue weighted by Crippen LogP contribution is 2.33. The summed E-state index contributed by atoms with van der Waals surface area (Å²) in [5, 5.41) is 18.0. The van der Waals surface area contributed by atoms with Crippen LogP contribution in [0, 0.1) is 22.7 Å². The van der Waals surface area contributed by atoms with Crippen LogP contribution in [0.25, 0.3) is 11.3 Å². The molecule has 0 fully saturated rings. The Balaban J connectivity index is 2.80. The molecule has 0 aliphatic rings. The van der Waals surface area contributed by atoms with E-state index in [1.807, 2.05) is 12.1 Å². The third-order valence-corrected chi connectivity index (χ3v) is 2.41. The maximum atomic E-state index is 9.09. The standard InChI is InChI=1S/C12H8N4O/c13-5-8-7(11-2-1-3-17-11)4-10(15)9(6-14)12(8)16/h1-4H,15-16H2. The highest BCUT2D eigenvalue weighted by Gasteiger charge is 2.16. The van der Waals surface area contributed by atoms with Crippen molar-refractivity contribution in [2.24, 2.45) is 0 Å². The van der Waals surface area contributed by atoms with Gasteiger partial charge in [0.25, 0.3) is 0 Å². The summed E-state index contributed by atoms with van der Waals surface area (Å²) in [7, 11) is 0. The van der Waals surface area contributed by atoms with Gasteiger partial charge in [-0.05, 0) is 18.2 Å². The van der Waals surface area contributed by atoms with Crippen LogP contribution < -0.4 is 11.5 Å². The molecule has 0 aliphatic carbocycles. The lowest BCUT2D eigenvalue weighted by molar-refractivity contribution is 0.582. The zero-order valence-electron chi connectivity index (χ0n) is 8.77. The molecule has 0 saturated carbocycles. The summed E-state index contributed by atoms with van der Waals surface area (Å²) in [5.41, 5.74) is 12.6. The number of furan rings is 1. The van der Waals surface area contributed by atoms with Crippen LogP contribution in [-0.2, 0) is 0 Å². The fourth-order valence-electron chi connectivity index (χ4n) is 1.60. The maximum Gasteiger partial charge on any atom is 0.135 e. The summed E-state index contributed by atoms with van der Waals surface area (Å²) in [6.07, 6.45) is 1.49. The van der Waals surface area contributed by atoms with Crippen LogP contribution in [0.3, 0.4) is 0 Å². The number of hydrogen-bond donors (Lipinski definition) is 2. The molecule has 5 heteroatoms. The van der Waals surface area contributed by atoms with E-state index >= 15 is 0 Å². The number of nitriles is 2. The fourth-order valence-corrected chi connectivity index (χ4v) is 1.60.